The van der Waals surface area contributed by atoms with Crippen molar-refractivity contribution < 1.29 is 22.7 Å². The maximum atomic E-state index is 13.0. The molecule has 9 heteroatoms. The zero-order valence-corrected chi connectivity index (χ0v) is 19.4. The van der Waals surface area contributed by atoms with E-state index in [0.29, 0.717) is 30.3 Å². The van der Waals surface area contributed by atoms with Gasteiger partial charge in [0.05, 0.1) is 26.5 Å². The van der Waals surface area contributed by atoms with Crippen molar-refractivity contribution in [2.45, 2.75) is 27.3 Å². The lowest BCUT2D eigenvalue weighted by Crippen LogP contribution is -2.38. The number of rotatable bonds is 7. The Kier molecular flexibility index (Phi) is 6.88. The number of carbonyl (C=O) groups excluding carboxylic acids is 1. The van der Waals surface area contributed by atoms with Gasteiger partial charge >= 0.3 is 0 Å². The SMILES string of the molecule is COc1ccc(OC)c(NC(=O)CN2CCN(Cc3c(C)cc(C)cc3C)S2(=O)=O)c1. The van der Waals surface area contributed by atoms with Gasteiger partial charge in [0.15, 0.2) is 0 Å². The second kappa shape index (κ2) is 9.25. The lowest BCUT2D eigenvalue weighted by atomic mass is 10.00. The van der Waals surface area contributed by atoms with E-state index in [2.05, 4.69) is 17.4 Å². The summed E-state index contributed by atoms with van der Waals surface area (Å²) in [6.45, 7) is 6.62. The van der Waals surface area contributed by atoms with Crippen molar-refractivity contribution in [2.75, 3.05) is 39.2 Å². The molecule has 1 fully saturated rings. The van der Waals surface area contributed by atoms with E-state index in [9.17, 15) is 13.2 Å². The van der Waals surface area contributed by atoms with Crippen LogP contribution >= 0.6 is 0 Å². The van der Waals surface area contributed by atoms with E-state index < -0.39 is 16.1 Å². The van der Waals surface area contributed by atoms with Crippen molar-refractivity contribution >= 4 is 21.8 Å². The molecule has 1 heterocycles. The summed E-state index contributed by atoms with van der Waals surface area (Å²) in [6, 6.07) is 9.13. The average Bonchev–Trinajstić information content (AvgIpc) is 2.97. The Morgan fingerprint density at radius 1 is 1.00 bits per heavy atom. The summed E-state index contributed by atoms with van der Waals surface area (Å²) in [5.41, 5.74) is 4.70. The number of hydrogen-bond acceptors (Lipinski definition) is 5. The third kappa shape index (κ3) is 5.00. The summed E-state index contributed by atoms with van der Waals surface area (Å²) in [7, 11) is -0.716. The lowest BCUT2D eigenvalue weighted by Gasteiger charge is -2.21. The molecule has 2 aromatic rings. The first kappa shape index (κ1) is 23.1. The number of nitrogens with zero attached hydrogens (tertiary/aromatic N) is 2. The Hall–Kier alpha value is -2.62. The second-order valence-electron chi connectivity index (χ2n) is 7.67. The first-order valence-electron chi connectivity index (χ1n) is 9.99. The summed E-state index contributed by atoms with van der Waals surface area (Å²) < 4.78 is 39.1. The Bertz CT molecular complexity index is 1060. The summed E-state index contributed by atoms with van der Waals surface area (Å²) in [5, 5.41) is 2.72. The van der Waals surface area contributed by atoms with Crippen LogP contribution in [0.4, 0.5) is 5.69 Å². The molecule has 1 aliphatic rings. The second-order valence-corrected chi connectivity index (χ2v) is 9.60. The first-order valence-corrected chi connectivity index (χ1v) is 11.4. The number of benzene rings is 2. The molecule has 3 rings (SSSR count). The molecule has 2 aromatic carbocycles. The van der Waals surface area contributed by atoms with Gasteiger partial charge in [-0.15, -0.1) is 0 Å². The summed E-state index contributed by atoms with van der Waals surface area (Å²) >= 11 is 0. The van der Waals surface area contributed by atoms with E-state index in [0.717, 1.165) is 22.3 Å². The minimum atomic E-state index is -3.74. The molecular weight excluding hydrogens is 418 g/mol. The molecule has 1 amide bonds. The summed E-state index contributed by atoms with van der Waals surface area (Å²) in [6.07, 6.45) is 0. The number of nitrogens with one attached hydrogen (secondary N) is 1. The van der Waals surface area contributed by atoms with E-state index >= 15 is 0 Å². The van der Waals surface area contributed by atoms with Crippen LogP contribution in [0.5, 0.6) is 11.5 Å². The fraction of sp³-hybridized carbons (Fsp3) is 0.409. The molecule has 1 aliphatic heterocycles. The number of amides is 1. The van der Waals surface area contributed by atoms with Crippen LogP contribution in [-0.4, -0.2) is 56.8 Å². The quantitative estimate of drug-likeness (QED) is 0.705. The standard InChI is InChI=1S/C22H29N3O5S/c1-15-10-16(2)19(17(3)11-15)13-24-8-9-25(31(24,27)28)14-22(26)23-20-12-18(29-4)6-7-21(20)30-5/h6-7,10-12H,8-9,13-14H2,1-5H3,(H,23,26). The van der Waals surface area contributed by atoms with Crippen molar-refractivity contribution in [3.63, 3.8) is 0 Å². The number of methoxy groups -OCH3 is 2. The molecule has 1 N–H and O–H groups in total. The van der Waals surface area contributed by atoms with Crippen molar-refractivity contribution in [3.8, 4) is 11.5 Å². The highest BCUT2D eigenvalue weighted by Crippen LogP contribution is 2.29. The molecular formula is C22H29N3O5S. The molecule has 0 unspecified atom stereocenters. The highest BCUT2D eigenvalue weighted by atomic mass is 32.2. The zero-order valence-electron chi connectivity index (χ0n) is 18.6. The Labute approximate surface area is 183 Å². The molecule has 0 aromatic heterocycles. The first-order chi connectivity index (χ1) is 14.6. The maximum absolute atomic E-state index is 13.0. The largest absolute Gasteiger partial charge is 0.497 e. The molecule has 31 heavy (non-hydrogen) atoms. The molecule has 0 bridgehead atoms. The normalized spacial score (nSPS) is 16.3. The number of hydrogen-bond donors (Lipinski definition) is 1. The van der Waals surface area contributed by atoms with E-state index in [1.807, 2.05) is 20.8 Å². The van der Waals surface area contributed by atoms with Crippen LogP contribution in [0.1, 0.15) is 22.3 Å². The average molecular weight is 448 g/mol. The van der Waals surface area contributed by atoms with Crippen LogP contribution in [0.15, 0.2) is 30.3 Å². The van der Waals surface area contributed by atoms with Gasteiger partial charge in [-0.25, -0.2) is 0 Å². The smallest absolute Gasteiger partial charge is 0.282 e. The highest BCUT2D eigenvalue weighted by molar-refractivity contribution is 7.87. The van der Waals surface area contributed by atoms with Crippen LogP contribution in [0, 0.1) is 20.8 Å². The van der Waals surface area contributed by atoms with Crippen LogP contribution in [0.3, 0.4) is 0 Å². The van der Waals surface area contributed by atoms with Crippen molar-refractivity contribution in [2.24, 2.45) is 0 Å². The van der Waals surface area contributed by atoms with E-state index in [-0.39, 0.29) is 13.1 Å². The maximum Gasteiger partial charge on any atom is 0.282 e. The highest BCUT2D eigenvalue weighted by Gasteiger charge is 2.38. The predicted octanol–water partition coefficient (Wildman–Crippen LogP) is 2.63. The van der Waals surface area contributed by atoms with Crippen molar-refractivity contribution in [3.05, 3.63) is 52.6 Å². The van der Waals surface area contributed by atoms with Gasteiger partial charge in [0, 0.05) is 25.7 Å². The van der Waals surface area contributed by atoms with Crippen LogP contribution in [-0.2, 0) is 21.5 Å². The van der Waals surface area contributed by atoms with Gasteiger partial charge in [-0.2, -0.15) is 17.0 Å². The minimum Gasteiger partial charge on any atom is -0.497 e. The minimum absolute atomic E-state index is 0.259. The summed E-state index contributed by atoms with van der Waals surface area (Å²) in [5.74, 6) is 0.574. The van der Waals surface area contributed by atoms with Crippen molar-refractivity contribution in [1.82, 2.24) is 8.61 Å². The number of anilines is 1. The van der Waals surface area contributed by atoms with Gasteiger partial charge < -0.3 is 14.8 Å². The topological polar surface area (TPSA) is 88.2 Å². The van der Waals surface area contributed by atoms with Gasteiger partial charge in [0.25, 0.3) is 10.2 Å². The van der Waals surface area contributed by atoms with Crippen LogP contribution < -0.4 is 14.8 Å². The number of carbonyl (C=O) groups is 1. The summed E-state index contributed by atoms with van der Waals surface area (Å²) in [4.78, 5) is 12.6. The third-order valence-electron chi connectivity index (χ3n) is 5.43. The fourth-order valence-electron chi connectivity index (χ4n) is 3.84. The Morgan fingerprint density at radius 3 is 2.26 bits per heavy atom. The molecule has 168 valence electrons. The lowest BCUT2D eigenvalue weighted by molar-refractivity contribution is -0.116. The number of ether oxygens (including phenoxy) is 2. The predicted molar refractivity (Wildman–Crippen MR) is 120 cm³/mol. The molecule has 0 saturated carbocycles. The molecule has 0 spiro atoms. The van der Waals surface area contributed by atoms with Gasteiger partial charge in [0.2, 0.25) is 5.91 Å². The molecule has 1 saturated heterocycles. The molecule has 0 radical (unpaired) electrons. The van der Waals surface area contributed by atoms with E-state index in [1.54, 1.807) is 18.2 Å². The van der Waals surface area contributed by atoms with Crippen molar-refractivity contribution in [1.29, 1.82) is 0 Å². The fourth-order valence-corrected chi connectivity index (χ4v) is 5.36. The molecule has 0 aliphatic carbocycles. The van der Waals surface area contributed by atoms with Gasteiger partial charge in [-0.05, 0) is 49.6 Å². The van der Waals surface area contributed by atoms with Gasteiger partial charge in [0.1, 0.15) is 11.5 Å². The van der Waals surface area contributed by atoms with Crippen LogP contribution in [0.25, 0.3) is 0 Å². The third-order valence-corrected chi connectivity index (χ3v) is 7.36. The van der Waals surface area contributed by atoms with Gasteiger partial charge in [-0.3, -0.25) is 4.79 Å². The Balaban J connectivity index is 1.71. The Morgan fingerprint density at radius 2 is 1.65 bits per heavy atom. The monoisotopic (exact) mass is 447 g/mol. The van der Waals surface area contributed by atoms with E-state index in [1.165, 1.54) is 22.8 Å². The number of aryl methyl sites for hydroxylation is 3. The molecule has 8 nitrogen and oxygen atoms in total. The van der Waals surface area contributed by atoms with Gasteiger partial charge in [-0.1, -0.05) is 17.7 Å². The van der Waals surface area contributed by atoms with E-state index in [4.69, 9.17) is 9.47 Å². The molecule has 0 atom stereocenters. The van der Waals surface area contributed by atoms with Crippen LogP contribution in [0.2, 0.25) is 0 Å². The zero-order chi connectivity index (χ0) is 22.8.